The Morgan fingerprint density at radius 2 is 2.16 bits per heavy atom. The van der Waals surface area contributed by atoms with Gasteiger partial charge in [0.1, 0.15) is 5.69 Å². The Hall–Kier alpha value is -4.01. The van der Waals surface area contributed by atoms with Gasteiger partial charge in [-0.3, -0.25) is 10.1 Å². The lowest BCUT2D eigenvalue weighted by Crippen LogP contribution is -2.05. The molecule has 1 aliphatic heterocycles. The molecule has 1 aliphatic rings. The third kappa shape index (κ3) is 3.14. The summed E-state index contributed by atoms with van der Waals surface area (Å²) in [5.41, 5.74) is 10.9. The van der Waals surface area contributed by atoms with Crippen LogP contribution in [0.4, 0.5) is 27.4 Å². The molecule has 0 amide bonds. The Morgan fingerprint density at radius 3 is 2.97 bits per heavy atom. The van der Waals surface area contributed by atoms with Gasteiger partial charge in [0.2, 0.25) is 11.8 Å². The van der Waals surface area contributed by atoms with Crippen LogP contribution in [0, 0.1) is 22.9 Å². The van der Waals surface area contributed by atoms with Crippen LogP contribution in [0.2, 0.25) is 0 Å². The fourth-order valence-electron chi connectivity index (χ4n) is 4.17. The number of anilines is 3. The van der Waals surface area contributed by atoms with Gasteiger partial charge in [0.15, 0.2) is 0 Å². The van der Waals surface area contributed by atoms with Crippen LogP contribution in [-0.2, 0) is 13.0 Å². The first-order valence-corrected chi connectivity index (χ1v) is 9.87. The molecule has 4 aromatic rings. The molecule has 0 fully saturated rings. The maximum absolute atomic E-state index is 13.9. The minimum Gasteiger partial charge on any atom is -0.396 e. The van der Waals surface area contributed by atoms with Gasteiger partial charge in [-0.05, 0) is 37.0 Å². The number of rotatable bonds is 4. The summed E-state index contributed by atoms with van der Waals surface area (Å²) in [6.07, 6.45) is 5.68. The Bertz CT molecular complexity index is 1360. The predicted octanol–water partition coefficient (Wildman–Crippen LogP) is 4.73. The number of nitro groups is 1. The lowest BCUT2D eigenvalue weighted by atomic mass is 10.0. The molecule has 5 rings (SSSR count). The number of nitrogens with zero attached hydrogens (tertiary/aromatic N) is 4. The molecule has 8 nitrogen and oxygen atoms in total. The van der Waals surface area contributed by atoms with Crippen molar-refractivity contribution in [1.29, 1.82) is 0 Å². The van der Waals surface area contributed by atoms with E-state index in [1.165, 1.54) is 17.3 Å². The monoisotopic (exact) mass is 418 g/mol. The van der Waals surface area contributed by atoms with Crippen molar-refractivity contribution in [1.82, 2.24) is 14.5 Å². The molecular formula is C22H19FN6O2. The van der Waals surface area contributed by atoms with Crippen molar-refractivity contribution in [3.8, 4) is 11.3 Å². The molecule has 0 saturated carbocycles. The molecule has 0 spiro atoms. The van der Waals surface area contributed by atoms with Crippen LogP contribution in [0.25, 0.3) is 22.2 Å². The average molecular weight is 418 g/mol. The largest absolute Gasteiger partial charge is 0.396 e. The number of aryl methyl sites for hydroxylation is 3. The van der Waals surface area contributed by atoms with Crippen LogP contribution < -0.4 is 11.1 Å². The number of nitrogen functional groups attached to an aromatic ring is 1. The third-order valence-electron chi connectivity index (χ3n) is 5.64. The zero-order valence-electron chi connectivity index (χ0n) is 16.7. The Balaban J connectivity index is 1.59. The zero-order chi connectivity index (χ0) is 21.7. The minimum absolute atomic E-state index is 0.222. The van der Waals surface area contributed by atoms with Crippen LogP contribution >= 0.6 is 0 Å². The first-order valence-electron chi connectivity index (χ1n) is 9.87. The van der Waals surface area contributed by atoms with Gasteiger partial charge >= 0.3 is 5.69 Å². The second-order valence-corrected chi connectivity index (χ2v) is 7.65. The topological polar surface area (TPSA) is 112 Å². The van der Waals surface area contributed by atoms with E-state index in [1.807, 2.05) is 6.07 Å². The van der Waals surface area contributed by atoms with Crippen molar-refractivity contribution in [3.63, 3.8) is 0 Å². The summed E-state index contributed by atoms with van der Waals surface area (Å²) in [7, 11) is 0. The lowest BCUT2D eigenvalue weighted by molar-refractivity contribution is -0.387. The van der Waals surface area contributed by atoms with Crippen LogP contribution in [0.3, 0.4) is 0 Å². The molecule has 0 aliphatic carbocycles. The molecule has 3 N–H and O–H groups in total. The highest BCUT2D eigenvalue weighted by atomic mass is 19.1. The maximum atomic E-state index is 13.9. The lowest BCUT2D eigenvalue weighted by Gasteiger charge is -2.14. The van der Waals surface area contributed by atoms with Crippen molar-refractivity contribution in [2.24, 2.45) is 0 Å². The van der Waals surface area contributed by atoms with E-state index in [2.05, 4.69) is 38.2 Å². The van der Waals surface area contributed by atoms with E-state index < -0.39 is 16.4 Å². The van der Waals surface area contributed by atoms with Gasteiger partial charge in [-0.2, -0.15) is 4.39 Å². The number of halogens is 1. The Morgan fingerprint density at radius 1 is 1.32 bits per heavy atom. The molecule has 0 atom stereocenters. The molecule has 0 unspecified atom stereocenters. The first-order chi connectivity index (χ1) is 14.9. The predicted molar refractivity (Wildman–Crippen MR) is 117 cm³/mol. The van der Waals surface area contributed by atoms with Gasteiger partial charge in [0, 0.05) is 29.8 Å². The summed E-state index contributed by atoms with van der Waals surface area (Å²) in [5.74, 6) is -0.666. The second-order valence-electron chi connectivity index (χ2n) is 7.65. The summed E-state index contributed by atoms with van der Waals surface area (Å²) in [4.78, 5) is 19.2. The molecule has 156 valence electrons. The molecule has 31 heavy (non-hydrogen) atoms. The number of nitrogens with one attached hydrogen (secondary N) is 1. The van der Waals surface area contributed by atoms with Gasteiger partial charge < -0.3 is 15.6 Å². The summed E-state index contributed by atoms with van der Waals surface area (Å²) >= 11 is 0. The summed E-state index contributed by atoms with van der Waals surface area (Å²) < 4.78 is 16.1. The quantitative estimate of drug-likeness (QED) is 0.366. The smallest absolute Gasteiger partial charge is 0.306 e. The Labute approximate surface area is 176 Å². The van der Waals surface area contributed by atoms with Gasteiger partial charge in [0.05, 0.1) is 28.0 Å². The summed E-state index contributed by atoms with van der Waals surface area (Å²) in [6.45, 7) is 2.58. The number of hydrogen-bond acceptors (Lipinski definition) is 6. The molecular weight excluding hydrogens is 399 g/mol. The standard InChI is InChI=1S/C22H19FN6O2/c1-12-8-16(23)19(29(30)31)9-18(12)26-22-25-10-17(24)20(27-22)15-11-28-7-3-5-13-4-2-6-14(15)21(13)28/h2,4,6,8-11H,3,5,7,24H2,1H3,(H,25,26,27). The first kappa shape index (κ1) is 19.0. The van der Waals surface area contributed by atoms with Crippen LogP contribution in [0.5, 0.6) is 0 Å². The number of nitrogens with two attached hydrogens (primary N) is 1. The van der Waals surface area contributed by atoms with Gasteiger partial charge in [0.25, 0.3) is 0 Å². The van der Waals surface area contributed by atoms with E-state index in [0.717, 1.165) is 42.5 Å². The van der Waals surface area contributed by atoms with Crippen LogP contribution in [0.1, 0.15) is 17.5 Å². The van der Waals surface area contributed by atoms with Crippen molar-refractivity contribution in [3.05, 3.63) is 69.8 Å². The van der Waals surface area contributed by atoms with Crippen molar-refractivity contribution >= 4 is 33.9 Å². The van der Waals surface area contributed by atoms with E-state index in [1.54, 1.807) is 6.92 Å². The number of hydrogen-bond donors (Lipinski definition) is 2. The molecule has 9 heteroatoms. The van der Waals surface area contributed by atoms with Crippen molar-refractivity contribution in [2.75, 3.05) is 11.1 Å². The minimum atomic E-state index is -0.888. The Kier molecular flexibility index (Phi) is 4.32. The highest BCUT2D eigenvalue weighted by molar-refractivity contribution is 5.99. The van der Waals surface area contributed by atoms with E-state index >= 15 is 0 Å². The van der Waals surface area contributed by atoms with Gasteiger partial charge in [-0.25, -0.2) is 9.97 Å². The fraction of sp³-hybridized carbons (Fsp3) is 0.182. The third-order valence-corrected chi connectivity index (χ3v) is 5.64. The van der Waals surface area contributed by atoms with Crippen molar-refractivity contribution in [2.45, 2.75) is 26.3 Å². The highest BCUT2D eigenvalue weighted by Crippen LogP contribution is 2.37. The van der Waals surface area contributed by atoms with E-state index in [0.29, 0.717) is 22.6 Å². The molecule has 0 bridgehead atoms. The fourth-order valence-corrected chi connectivity index (χ4v) is 4.17. The van der Waals surface area contributed by atoms with E-state index in [-0.39, 0.29) is 5.95 Å². The van der Waals surface area contributed by atoms with E-state index in [9.17, 15) is 14.5 Å². The van der Waals surface area contributed by atoms with Gasteiger partial charge in [-0.15, -0.1) is 0 Å². The summed E-state index contributed by atoms with van der Waals surface area (Å²) in [6, 6.07) is 8.49. The molecule has 0 saturated heterocycles. The average Bonchev–Trinajstić information content (AvgIpc) is 3.12. The number of nitro benzene ring substituents is 1. The van der Waals surface area contributed by atoms with Crippen LogP contribution in [-0.4, -0.2) is 19.5 Å². The number of para-hydroxylation sites is 1. The van der Waals surface area contributed by atoms with E-state index in [4.69, 9.17) is 5.73 Å². The molecule has 3 heterocycles. The highest BCUT2D eigenvalue weighted by Gasteiger charge is 2.21. The van der Waals surface area contributed by atoms with Crippen LogP contribution in [0.15, 0.2) is 42.7 Å². The maximum Gasteiger partial charge on any atom is 0.306 e. The number of aromatic nitrogens is 3. The SMILES string of the molecule is Cc1cc(F)c([N+](=O)[O-])cc1Nc1ncc(N)c(-c2cn3c4c(cccc24)CCC3)n1. The molecule has 2 aromatic carbocycles. The molecule has 2 aromatic heterocycles. The zero-order valence-corrected chi connectivity index (χ0v) is 16.7. The van der Waals surface area contributed by atoms with Crippen molar-refractivity contribution < 1.29 is 9.31 Å². The number of benzene rings is 2. The second kappa shape index (κ2) is 7.05. The molecule has 0 radical (unpaired) electrons. The van der Waals surface area contributed by atoms with Gasteiger partial charge in [-0.1, -0.05) is 18.2 Å². The normalized spacial score (nSPS) is 12.8. The summed E-state index contributed by atoms with van der Waals surface area (Å²) in [5, 5.41) is 15.1.